The number of hydrogen-bond acceptors (Lipinski definition) is 1. The van der Waals surface area contributed by atoms with Crippen molar-refractivity contribution in [2.24, 2.45) is 0 Å². The Labute approximate surface area is 152 Å². The molecule has 0 aliphatic rings. The van der Waals surface area contributed by atoms with E-state index in [-0.39, 0.29) is 5.60 Å². The lowest BCUT2D eigenvalue weighted by Crippen LogP contribution is -2.22. The predicted octanol–water partition coefficient (Wildman–Crippen LogP) is 6.58. The van der Waals surface area contributed by atoms with Crippen LogP contribution in [0.25, 0.3) is 22.0 Å². The summed E-state index contributed by atoms with van der Waals surface area (Å²) in [6, 6.07) is 14.8. The highest BCUT2D eigenvalue weighted by molar-refractivity contribution is 9.10. The first kappa shape index (κ1) is 17.1. The molecule has 0 amide bonds. The highest BCUT2D eigenvalue weighted by Crippen LogP contribution is 2.39. The van der Waals surface area contributed by atoms with E-state index in [1.54, 1.807) is 0 Å². The van der Waals surface area contributed by atoms with Crippen LogP contribution in [0.5, 0.6) is 5.75 Å². The molecule has 2 nitrogen and oxygen atoms in total. The standard InChI is InChI=1S/C21H24BrNO/c1-6-23-14(2)20(16-9-7-8-10-18(16)22)17-13-15(11-12-19(17)23)24-21(3,4)5/h7-13H,6H2,1-5H3. The van der Waals surface area contributed by atoms with Crippen LogP contribution in [0.1, 0.15) is 33.4 Å². The summed E-state index contributed by atoms with van der Waals surface area (Å²) < 4.78 is 9.57. The van der Waals surface area contributed by atoms with E-state index in [0.717, 1.165) is 16.8 Å². The molecule has 0 N–H and O–H groups in total. The number of hydrogen-bond donors (Lipinski definition) is 0. The van der Waals surface area contributed by atoms with Gasteiger partial charge < -0.3 is 9.30 Å². The number of rotatable bonds is 3. The van der Waals surface area contributed by atoms with Gasteiger partial charge in [0.05, 0.1) is 0 Å². The van der Waals surface area contributed by atoms with Gasteiger partial charge in [-0.25, -0.2) is 0 Å². The van der Waals surface area contributed by atoms with Crippen LogP contribution in [0.4, 0.5) is 0 Å². The minimum Gasteiger partial charge on any atom is -0.488 e. The Balaban J connectivity index is 2.29. The molecule has 3 heteroatoms. The van der Waals surface area contributed by atoms with E-state index < -0.39 is 0 Å². The minimum absolute atomic E-state index is 0.205. The van der Waals surface area contributed by atoms with Crippen molar-refractivity contribution < 1.29 is 4.74 Å². The topological polar surface area (TPSA) is 14.2 Å². The van der Waals surface area contributed by atoms with Crippen LogP contribution in [0.2, 0.25) is 0 Å². The summed E-state index contributed by atoms with van der Waals surface area (Å²) in [6.45, 7) is 11.6. The first-order chi connectivity index (χ1) is 11.3. The highest BCUT2D eigenvalue weighted by atomic mass is 79.9. The lowest BCUT2D eigenvalue weighted by Gasteiger charge is -2.21. The van der Waals surface area contributed by atoms with Gasteiger partial charge in [0.2, 0.25) is 0 Å². The molecule has 0 aliphatic carbocycles. The maximum atomic E-state index is 6.09. The molecule has 0 spiro atoms. The average Bonchev–Trinajstić information content (AvgIpc) is 2.77. The van der Waals surface area contributed by atoms with Crippen LogP contribution in [-0.2, 0) is 6.54 Å². The second-order valence-corrected chi connectivity index (χ2v) is 7.93. The zero-order valence-corrected chi connectivity index (χ0v) is 16.6. The van der Waals surface area contributed by atoms with Gasteiger partial charge >= 0.3 is 0 Å². The molecule has 0 saturated heterocycles. The lowest BCUT2D eigenvalue weighted by molar-refractivity contribution is 0.131. The molecular weight excluding hydrogens is 362 g/mol. The summed E-state index contributed by atoms with van der Waals surface area (Å²) in [4.78, 5) is 0. The van der Waals surface area contributed by atoms with E-state index in [4.69, 9.17) is 4.74 Å². The fourth-order valence-electron chi connectivity index (χ4n) is 3.29. The zero-order valence-electron chi connectivity index (χ0n) is 15.0. The third-order valence-electron chi connectivity index (χ3n) is 4.18. The van der Waals surface area contributed by atoms with Crippen molar-refractivity contribution in [3.8, 4) is 16.9 Å². The van der Waals surface area contributed by atoms with E-state index in [1.165, 1.54) is 27.7 Å². The maximum absolute atomic E-state index is 6.09. The number of benzene rings is 2. The van der Waals surface area contributed by atoms with Gasteiger partial charge in [-0.3, -0.25) is 0 Å². The van der Waals surface area contributed by atoms with Gasteiger partial charge in [-0.05, 0) is 64.4 Å². The van der Waals surface area contributed by atoms with E-state index in [1.807, 2.05) is 0 Å². The molecule has 1 heterocycles. The molecule has 2 aromatic carbocycles. The number of ether oxygens (including phenoxy) is 1. The molecule has 0 bridgehead atoms. The van der Waals surface area contributed by atoms with E-state index in [9.17, 15) is 0 Å². The molecule has 0 aliphatic heterocycles. The van der Waals surface area contributed by atoms with Gasteiger partial charge in [0.15, 0.2) is 0 Å². The van der Waals surface area contributed by atoms with Gasteiger partial charge in [-0.15, -0.1) is 0 Å². The molecule has 0 saturated carbocycles. The highest BCUT2D eigenvalue weighted by Gasteiger charge is 2.18. The van der Waals surface area contributed by atoms with Crippen LogP contribution in [-0.4, -0.2) is 10.2 Å². The van der Waals surface area contributed by atoms with Crippen molar-refractivity contribution in [2.45, 2.75) is 46.8 Å². The maximum Gasteiger partial charge on any atom is 0.120 e. The van der Waals surface area contributed by atoms with Gasteiger partial charge in [-0.2, -0.15) is 0 Å². The van der Waals surface area contributed by atoms with Gasteiger partial charge in [-0.1, -0.05) is 34.1 Å². The lowest BCUT2D eigenvalue weighted by atomic mass is 10.0. The molecule has 1 aromatic heterocycles. The second kappa shape index (κ2) is 6.29. The second-order valence-electron chi connectivity index (χ2n) is 7.08. The monoisotopic (exact) mass is 385 g/mol. The number of halogens is 1. The molecule has 0 fully saturated rings. The van der Waals surface area contributed by atoms with Gasteiger partial charge in [0, 0.05) is 33.2 Å². The van der Waals surface area contributed by atoms with Crippen LogP contribution in [0.15, 0.2) is 46.9 Å². The largest absolute Gasteiger partial charge is 0.488 e. The SMILES string of the molecule is CCn1c(C)c(-c2ccccc2Br)c2cc(OC(C)(C)C)ccc21. The first-order valence-electron chi connectivity index (χ1n) is 8.38. The number of aromatic nitrogens is 1. The Hall–Kier alpha value is -1.74. The Kier molecular flexibility index (Phi) is 4.48. The van der Waals surface area contributed by atoms with Crippen molar-refractivity contribution >= 4 is 26.8 Å². The van der Waals surface area contributed by atoms with Crippen molar-refractivity contribution in [2.75, 3.05) is 0 Å². The summed E-state index contributed by atoms with van der Waals surface area (Å²) in [5.41, 5.74) is 4.83. The van der Waals surface area contributed by atoms with Gasteiger partial charge in [0.1, 0.15) is 11.4 Å². The normalized spacial score (nSPS) is 11.9. The van der Waals surface area contributed by atoms with E-state index >= 15 is 0 Å². The zero-order chi connectivity index (χ0) is 17.5. The fourth-order valence-corrected chi connectivity index (χ4v) is 3.77. The van der Waals surface area contributed by atoms with E-state index in [2.05, 4.69) is 97.6 Å². The summed E-state index contributed by atoms with van der Waals surface area (Å²) in [6.07, 6.45) is 0. The smallest absolute Gasteiger partial charge is 0.120 e. The number of aryl methyl sites for hydroxylation is 1. The predicted molar refractivity (Wildman–Crippen MR) is 106 cm³/mol. The molecule has 24 heavy (non-hydrogen) atoms. The molecule has 3 aromatic rings. The Morgan fingerprint density at radius 2 is 1.79 bits per heavy atom. The molecular formula is C21H24BrNO. The van der Waals surface area contributed by atoms with Crippen molar-refractivity contribution in [3.05, 3.63) is 52.6 Å². The van der Waals surface area contributed by atoms with Crippen molar-refractivity contribution in [1.29, 1.82) is 0 Å². The third kappa shape index (κ3) is 3.10. The summed E-state index contributed by atoms with van der Waals surface area (Å²) in [5, 5.41) is 1.24. The number of nitrogens with zero attached hydrogens (tertiary/aromatic N) is 1. The Morgan fingerprint density at radius 1 is 1.08 bits per heavy atom. The molecule has 0 radical (unpaired) electrons. The van der Waals surface area contributed by atoms with E-state index in [0.29, 0.717) is 0 Å². The van der Waals surface area contributed by atoms with Crippen molar-refractivity contribution in [3.63, 3.8) is 0 Å². The Morgan fingerprint density at radius 3 is 2.42 bits per heavy atom. The average molecular weight is 386 g/mol. The van der Waals surface area contributed by atoms with Crippen LogP contribution in [0, 0.1) is 6.92 Å². The molecule has 126 valence electrons. The van der Waals surface area contributed by atoms with Crippen LogP contribution < -0.4 is 4.74 Å². The minimum atomic E-state index is -0.205. The molecule has 3 rings (SSSR count). The fraction of sp³-hybridized carbons (Fsp3) is 0.333. The van der Waals surface area contributed by atoms with Crippen molar-refractivity contribution in [1.82, 2.24) is 4.57 Å². The molecule has 0 atom stereocenters. The third-order valence-corrected chi connectivity index (χ3v) is 4.87. The quantitative estimate of drug-likeness (QED) is 0.496. The van der Waals surface area contributed by atoms with Gasteiger partial charge in [0.25, 0.3) is 0 Å². The first-order valence-corrected chi connectivity index (χ1v) is 9.18. The Bertz CT molecular complexity index is 887. The van der Waals surface area contributed by atoms with Crippen LogP contribution in [0.3, 0.4) is 0 Å². The summed E-state index contributed by atoms with van der Waals surface area (Å²) in [7, 11) is 0. The number of fused-ring (bicyclic) bond motifs is 1. The summed E-state index contributed by atoms with van der Waals surface area (Å²) in [5.74, 6) is 0.913. The molecule has 0 unspecified atom stereocenters. The van der Waals surface area contributed by atoms with Crippen LogP contribution >= 0.6 is 15.9 Å². The summed E-state index contributed by atoms with van der Waals surface area (Å²) >= 11 is 3.71.